The number of aliphatic hydroxyl groups is 1. The minimum atomic E-state index is -1.29. The number of esters is 1. The number of para-hydroxylation sites is 1. The topological polar surface area (TPSA) is 112 Å². The van der Waals surface area contributed by atoms with Crippen LogP contribution in [-0.2, 0) is 9.53 Å². The van der Waals surface area contributed by atoms with Gasteiger partial charge in [-0.1, -0.05) is 48.5 Å². The Morgan fingerprint density at radius 2 is 1.68 bits per heavy atom. The van der Waals surface area contributed by atoms with Gasteiger partial charge in [0.15, 0.2) is 0 Å². The Kier molecular flexibility index (Phi) is 7.93. The van der Waals surface area contributed by atoms with Crippen molar-refractivity contribution >= 4 is 18.0 Å². The molecule has 9 heteroatoms. The number of amides is 2. The summed E-state index contributed by atoms with van der Waals surface area (Å²) in [4.78, 5) is 40.5. The number of benzene rings is 2. The van der Waals surface area contributed by atoms with Gasteiger partial charge in [0.1, 0.15) is 0 Å². The monoisotopic (exact) mass is 505 g/mol. The highest BCUT2D eigenvalue weighted by Crippen LogP contribution is 2.33. The number of aromatic nitrogens is 1. The number of rotatable bonds is 7. The minimum absolute atomic E-state index is 0.0828. The molecule has 1 aliphatic heterocycles. The van der Waals surface area contributed by atoms with E-state index in [9.17, 15) is 24.6 Å². The number of carbonyl (C=O) groups excluding carboxylic acids is 2. The maximum absolute atomic E-state index is 14.1. The lowest BCUT2D eigenvalue weighted by molar-refractivity contribution is -0.146. The van der Waals surface area contributed by atoms with E-state index in [2.05, 4.69) is 0 Å². The Hall–Kier alpha value is -4.11. The number of hydrogen-bond acceptors (Lipinski definition) is 5. The second-order valence-electron chi connectivity index (χ2n) is 8.96. The highest BCUT2D eigenvalue weighted by Gasteiger charge is 2.39. The molecule has 2 amide bonds. The lowest BCUT2D eigenvalue weighted by Gasteiger charge is -2.42. The van der Waals surface area contributed by atoms with E-state index in [-0.39, 0.29) is 38.6 Å². The number of nitrogens with zero attached hydrogens (tertiary/aromatic N) is 3. The predicted molar refractivity (Wildman–Crippen MR) is 138 cm³/mol. The van der Waals surface area contributed by atoms with E-state index in [1.165, 1.54) is 4.90 Å². The summed E-state index contributed by atoms with van der Waals surface area (Å²) in [5, 5.41) is 20.5. The Bertz CT molecular complexity index is 1260. The van der Waals surface area contributed by atoms with E-state index in [1.807, 2.05) is 78.2 Å². The molecular formula is C28H31N3O6. The maximum Gasteiger partial charge on any atom is 0.407 e. The van der Waals surface area contributed by atoms with Crippen LogP contribution in [0.1, 0.15) is 29.4 Å². The quantitative estimate of drug-likeness (QED) is 0.475. The third kappa shape index (κ3) is 5.51. The Morgan fingerprint density at radius 1 is 1.03 bits per heavy atom. The van der Waals surface area contributed by atoms with Crippen molar-refractivity contribution in [1.82, 2.24) is 14.4 Å². The molecule has 2 atom stereocenters. The van der Waals surface area contributed by atoms with Crippen LogP contribution in [0.4, 0.5) is 4.79 Å². The number of aryl methyl sites for hydroxylation is 1. The van der Waals surface area contributed by atoms with Gasteiger partial charge in [-0.25, -0.2) is 4.79 Å². The Morgan fingerprint density at radius 3 is 2.30 bits per heavy atom. The zero-order valence-electron chi connectivity index (χ0n) is 20.9. The Balaban J connectivity index is 1.77. The summed E-state index contributed by atoms with van der Waals surface area (Å²) in [5.74, 6) is -0.944. The molecule has 2 aromatic carbocycles. The van der Waals surface area contributed by atoms with Gasteiger partial charge in [-0.3, -0.25) is 9.59 Å². The number of aliphatic hydroxyl groups excluding tert-OH is 1. The minimum Gasteiger partial charge on any atom is -0.466 e. The van der Waals surface area contributed by atoms with Crippen molar-refractivity contribution in [2.24, 2.45) is 0 Å². The molecule has 1 fully saturated rings. The van der Waals surface area contributed by atoms with E-state index in [4.69, 9.17) is 4.74 Å². The van der Waals surface area contributed by atoms with Gasteiger partial charge in [0.25, 0.3) is 5.91 Å². The third-order valence-electron chi connectivity index (χ3n) is 6.55. The van der Waals surface area contributed by atoms with Crippen molar-refractivity contribution in [2.75, 3.05) is 26.2 Å². The predicted octanol–water partition coefficient (Wildman–Crippen LogP) is 3.57. The molecule has 194 valence electrons. The number of hydrogen-bond donors (Lipinski definition) is 2. The fourth-order valence-electron chi connectivity index (χ4n) is 4.84. The molecule has 1 aromatic heterocycles. The summed E-state index contributed by atoms with van der Waals surface area (Å²) in [5.41, 5.74) is 3.72. The van der Waals surface area contributed by atoms with Crippen LogP contribution in [0.15, 0.2) is 66.7 Å². The normalized spacial score (nSPS) is 16.4. The second-order valence-corrected chi connectivity index (χ2v) is 8.96. The van der Waals surface area contributed by atoms with Crippen molar-refractivity contribution in [3.05, 3.63) is 78.0 Å². The van der Waals surface area contributed by atoms with E-state index in [1.54, 1.807) is 6.92 Å². The van der Waals surface area contributed by atoms with Crippen molar-refractivity contribution in [2.45, 2.75) is 32.4 Å². The molecule has 1 saturated heterocycles. The zero-order chi connectivity index (χ0) is 26.5. The standard InChI is InChI=1S/C28H31N3O6/c1-3-37-25(33)17-24(32)23-18-29(28(35)36)14-15-30(23)27(34)22-16-19(2)31(21-12-8-5-9-13-21)26(22)20-10-6-4-7-11-20/h4-13,16,23-24,32H,3,14-15,17-18H2,1-2H3,(H,35,36)/t23-,24?/m0/s1. The van der Waals surface area contributed by atoms with Crippen LogP contribution in [0.3, 0.4) is 0 Å². The van der Waals surface area contributed by atoms with Gasteiger partial charge in [0.05, 0.1) is 36.4 Å². The third-order valence-corrected chi connectivity index (χ3v) is 6.55. The molecule has 0 saturated carbocycles. The fourth-order valence-corrected chi connectivity index (χ4v) is 4.84. The smallest absolute Gasteiger partial charge is 0.407 e. The van der Waals surface area contributed by atoms with Gasteiger partial charge in [-0.15, -0.1) is 0 Å². The van der Waals surface area contributed by atoms with Crippen LogP contribution < -0.4 is 0 Å². The molecule has 0 radical (unpaired) electrons. The molecule has 1 aliphatic rings. The first kappa shape index (κ1) is 26.0. The molecule has 37 heavy (non-hydrogen) atoms. The van der Waals surface area contributed by atoms with Crippen molar-refractivity contribution in [1.29, 1.82) is 0 Å². The van der Waals surface area contributed by atoms with Crippen molar-refractivity contribution in [3.63, 3.8) is 0 Å². The molecule has 4 rings (SSSR count). The van der Waals surface area contributed by atoms with Gasteiger partial charge in [-0.05, 0) is 37.6 Å². The number of piperazine rings is 1. The summed E-state index contributed by atoms with van der Waals surface area (Å²) in [7, 11) is 0. The summed E-state index contributed by atoms with van der Waals surface area (Å²) in [6, 6.07) is 20.2. The maximum atomic E-state index is 14.1. The highest BCUT2D eigenvalue weighted by molar-refractivity contribution is 6.01. The summed E-state index contributed by atoms with van der Waals surface area (Å²) < 4.78 is 6.98. The molecular weight excluding hydrogens is 474 g/mol. The molecule has 0 bridgehead atoms. The first-order valence-corrected chi connectivity index (χ1v) is 12.3. The first-order valence-electron chi connectivity index (χ1n) is 12.3. The average molecular weight is 506 g/mol. The first-order chi connectivity index (χ1) is 17.8. The number of ether oxygens (including phenoxy) is 1. The summed E-state index contributed by atoms with van der Waals surface area (Å²) >= 11 is 0. The van der Waals surface area contributed by atoms with Crippen LogP contribution in [-0.4, -0.2) is 80.9 Å². The van der Waals surface area contributed by atoms with Crippen LogP contribution >= 0.6 is 0 Å². The van der Waals surface area contributed by atoms with Crippen LogP contribution in [0.25, 0.3) is 16.9 Å². The largest absolute Gasteiger partial charge is 0.466 e. The molecule has 1 unspecified atom stereocenters. The SMILES string of the molecule is CCOC(=O)CC(O)[C@@H]1CN(C(=O)O)CCN1C(=O)c1cc(C)n(-c2ccccc2)c1-c1ccccc1. The van der Waals surface area contributed by atoms with Gasteiger partial charge >= 0.3 is 12.1 Å². The van der Waals surface area contributed by atoms with E-state index < -0.39 is 24.2 Å². The lowest BCUT2D eigenvalue weighted by Crippen LogP contribution is -2.60. The molecule has 3 aromatic rings. The van der Waals surface area contributed by atoms with E-state index in [0.717, 1.165) is 21.8 Å². The number of carboxylic acid groups (broad SMARTS) is 1. The number of carbonyl (C=O) groups is 3. The van der Waals surface area contributed by atoms with Crippen LogP contribution in [0.5, 0.6) is 0 Å². The Labute approximate surface area is 215 Å². The highest BCUT2D eigenvalue weighted by atomic mass is 16.5. The molecule has 2 N–H and O–H groups in total. The lowest BCUT2D eigenvalue weighted by atomic mass is 10.00. The second kappa shape index (κ2) is 11.3. The average Bonchev–Trinajstić information content (AvgIpc) is 3.25. The van der Waals surface area contributed by atoms with Crippen molar-refractivity contribution < 1.29 is 29.3 Å². The molecule has 9 nitrogen and oxygen atoms in total. The van der Waals surface area contributed by atoms with Gasteiger partial charge < -0.3 is 29.3 Å². The van der Waals surface area contributed by atoms with Gasteiger partial charge in [0.2, 0.25) is 0 Å². The van der Waals surface area contributed by atoms with E-state index in [0.29, 0.717) is 11.3 Å². The van der Waals surface area contributed by atoms with Gasteiger partial charge in [-0.2, -0.15) is 0 Å². The van der Waals surface area contributed by atoms with Gasteiger partial charge in [0, 0.05) is 31.0 Å². The fraction of sp³-hybridized carbons (Fsp3) is 0.321. The molecule has 2 heterocycles. The zero-order valence-corrected chi connectivity index (χ0v) is 20.9. The molecule has 0 aliphatic carbocycles. The molecule has 0 spiro atoms. The van der Waals surface area contributed by atoms with Crippen LogP contribution in [0, 0.1) is 6.92 Å². The van der Waals surface area contributed by atoms with E-state index >= 15 is 0 Å². The van der Waals surface area contributed by atoms with Crippen LogP contribution in [0.2, 0.25) is 0 Å². The van der Waals surface area contributed by atoms with Crippen molar-refractivity contribution in [3.8, 4) is 16.9 Å². The summed E-state index contributed by atoms with van der Waals surface area (Å²) in [6.07, 6.45) is -2.77. The summed E-state index contributed by atoms with van der Waals surface area (Å²) in [6.45, 7) is 3.82.